The van der Waals surface area contributed by atoms with Crippen LogP contribution in [0.4, 0.5) is 5.82 Å². The van der Waals surface area contributed by atoms with Crippen molar-refractivity contribution in [2.45, 2.75) is 20.3 Å². The maximum absolute atomic E-state index is 12.1. The number of hydrogen-bond acceptors (Lipinski definition) is 3. The van der Waals surface area contributed by atoms with Gasteiger partial charge in [0.25, 0.3) is 5.91 Å². The van der Waals surface area contributed by atoms with E-state index in [1.54, 1.807) is 4.90 Å². The minimum Gasteiger partial charge on any atom is -0.384 e. The van der Waals surface area contributed by atoms with Gasteiger partial charge in [-0.3, -0.25) is 4.79 Å². The molecule has 0 aliphatic rings. The van der Waals surface area contributed by atoms with E-state index in [1.165, 1.54) is 12.3 Å². The largest absolute Gasteiger partial charge is 0.384 e. The third-order valence-corrected chi connectivity index (χ3v) is 2.57. The zero-order chi connectivity index (χ0) is 12.1. The van der Waals surface area contributed by atoms with Crippen LogP contribution in [0, 0.1) is 0 Å². The Morgan fingerprint density at radius 1 is 1.56 bits per heavy atom. The van der Waals surface area contributed by atoms with Crippen LogP contribution >= 0.6 is 11.6 Å². The molecule has 0 bridgehead atoms. The number of hydrogen-bond donors (Lipinski definition) is 1. The Hall–Kier alpha value is -1.29. The molecule has 0 aliphatic heterocycles. The molecule has 0 aliphatic carbocycles. The van der Waals surface area contributed by atoms with Crippen LogP contribution in [0.2, 0.25) is 5.02 Å². The molecule has 4 nitrogen and oxygen atoms in total. The summed E-state index contributed by atoms with van der Waals surface area (Å²) in [5, 5.41) is 0.341. The van der Waals surface area contributed by atoms with Crippen molar-refractivity contribution < 1.29 is 4.79 Å². The van der Waals surface area contributed by atoms with Gasteiger partial charge in [0, 0.05) is 19.3 Å². The first-order valence-corrected chi connectivity index (χ1v) is 5.68. The average Bonchev–Trinajstić information content (AvgIpc) is 2.28. The summed E-state index contributed by atoms with van der Waals surface area (Å²) in [7, 11) is 0. The van der Waals surface area contributed by atoms with Crippen molar-refractivity contribution in [3.05, 3.63) is 22.8 Å². The molecule has 2 N–H and O–H groups in total. The van der Waals surface area contributed by atoms with E-state index in [0.29, 0.717) is 29.5 Å². The zero-order valence-electron chi connectivity index (χ0n) is 9.53. The molecule has 0 spiro atoms. The van der Waals surface area contributed by atoms with E-state index in [9.17, 15) is 4.79 Å². The number of carbonyl (C=O) groups excluding carboxylic acids is 1. The normalized spacial score (nSPS) is 10.2. The molecule has 0 radical (unpaired) electrons. The van der Waals surface area contributed by atoms with Gasteiger partial charge in [0.15, 0.2) is 0 Å². The van der Waals surface area contributed by atoms with Crippen molar-refractivity contribution in [1.29, 1.82) is 0 Å². The van der Waals surface area contributed by atoms with Gasteiger partial charge in [-0.2, -0.15) is 0 Å². The first kappa shape index (κ1) is 12.8. The Morgan fingerprint density at radius 2 is 2.25 bits per heavy atom. The first-order chi connectivity index (χ1) is 7.60. The monoisotopic (exact) mass is 241 g/mol. The maximum atomic E-state index is 12.1. The number of nitrogens with zero attached hydrogens (tertiary/aromatic N) is 2. The molecule has 1 aromatic rings. The molecule has 1 aromatic heterocycles. The lowest BCUT2D eigenvalue weighted by atomic mass is 10.2. The Morgan fingerprint density at radius 3 is 2.81 bits per heavy atom. The number of carbonyl (C=O) groups is 1. The predicted molar refractivity (Wildman–Crippen MR) is 65.5 cm³/mol. The van der Waals surface area contributed by atoms with E-state index in [1.807, 2.05) is 13.8 Å². The highest BCUT2D eigenvalue weighted by Gasteiger charge is 2.16. The molecular formula is C11H16ClN3O. The summed E-state index contributed by atoms with van der Waals surface area (Å²) < 4.78 is 0. The maximum Gasteiger partial charge on any atom is 0.255 e. The van der Waals surface area contributed by atoms with Gasteiger partial charge in [-0.25, -0.2) is 4.98 Å². The number of aromatic nitrogens is 1. The van der Waals surface area contributed by atoms with Crippen LogP contribution in [-0.2, 0) is 0 Å². The molecule has 1 heterocycles. The zero-order valence-corrected chi connectivity index (χ0v) is 10.3. The number of pyridine rings is 1. The second-order valence-corrected chi connectivity index (χ2v) is 3.88. The number of amides is 1. The van der Waals surface area contributed by atoms with Gasteiger partial charge in [-0.15, -0.1) is 0 Å². The first-order valence-electron chi connectivity index (χ1n) is 5.30. The van der Waals surface area contributed by atoms with Gasteiger partial charge in [0.05, 0.1) is 10.6 Å². The summed E-state index contributed by atoms with van der Waals surface area (Å²) >= 11 is 5.93. The Balaban J connectivity index is 2.98. The molecule has 16 heavy (non-hydrogen) atoms. The van der Waals surface area contributed by atoms with Crippen LogP contribution in [0.3, 0.4) is 0 Å². The third-order valence-electron chi connectivity index (χ3n) is 2.27. The van der Waals surface area contributed by atoms with Crippen LogP contribution < -0.4 is 5.73 Å². The molecule has 0 aromatic carbocycles. The SMILES string of the molecule is CCCN(CC)C(=O)c1cc(N)ncc1Cl. The van der Waals surface area contributed by atoms with E-state index in [2.05, 4.69) is 4.98 Å². The molecule has 0 unspecified atom stereocenters. The number of rotatable bonds is 4. The van der Waals surface area contributed by atoms with Crippen molar-refractivity contribution in [1.82, 2.24) is 9.88 Å². The minimum absolute atomic E-state index is 0.0940. The van der Waals surface area contributed by atoms with Gasteiger partial charge < -0.3 is 10.6 Å². The summed E-state index contributed by atoms with van der Waals surface area (Å²) in [5.41, 5.74) is 5.96. The Bertz CT molecular complexity index is 381. The molecule has 1 amide bonds. The summed E-state index contributed by atoms with van der Waals surface area (Å²) in [5.74, 6) is 0.212. The lowest BCUT2D eigenvalue weighted by molar-refractivity contribution is 0.0764. The van der Waals surface area contributed by atoms with Crippen molar-refractivity contribution in [2.24, 2.45) is 0 Å². The second-order valence-electron chi connectivity index (χ2n) is 3.47. The lowest BCUT2D eigenvalue weighted by Crippen LogP contribution is -2.31. The molecule has 0 saturated carbocycles. The summed E-state index contributed by atoms with van der Waals surface area (Å²) in [6.07, 6.45) is 2.32. The summed E-state index contributed by atoms with van der Waals surface area (Å²) in [6, 6.07) is 1.52. The standard InChI is InChI=1S/C11H16ClN3O/c1-3-5-15(4-2)11(16)8-6-10(13)14-7-9(8)12/h6-7H,3-5H2,1-2H3,(H2,13,14). The van der Waals surface area contributed by atoms with E-state index in [-0.39, 0.29) is 5.91 Å². The fourth-order valence-corrected chi connectivity index (χ4v) is 1.65. The Labute approximate surface area is 100 Å². The molecular weight excluding hydrogens is 226 g/mol. The van der Waals surface area contributed by atoms with E-state index in [4.69, 9.17) is 17.3 Å². The number of halogens is 1. The molecule has 5 heteroatoms. The van der Waals surface area contributed by atoms with Gasteiger partial charge in [-0.05, 0) is 19.4 Å². The van der Waals surface area contributed by atoms with E-state index >= 15 is 0 Å². The van der Waals surface area contributed by atoms with Gasteiger partial charge in [0.1, 0.15) is 5.82 Å². The number of nitrogens with two attached hydrogens (primary N) is 1. The van der Waals surface area contributed by atoms with Crippen molar-refractivity contribution in [2.75, 3.05) is 18.8 Å². The van der Waals surface area contributed by atoms with Gasteiger partial charge in [0.2, 0.25) is 0 Å². The minimum atomic E-state index is -0.0940. The molecule has 0 fully saturated rings. The average molecular weight is 242 g/mol. The van der Waals surface area contributed by atoms with Crippen LogP contribution in [0.25, 0.3) is 0 Å². The van der Waals surface area contributed by atoms with Crippen LogP contribution in [0.15, 0.2) is 12.3 Å². The van der Waals surface area contributed by atoms with Crippen LogP contribution in [0.1, 0.15) is 30.6 Å². The Kier molecular flexibility index (Phi) is 4.55. The van der Waals surface area contributed by atoms with Crippen LogP contribution in [0.5, 0.6) is 0 Å². The fraction of sp³-hybridized carbons (Fsp3) is 0.455. The third kappa shape index (κ3) is 2.85. The summed E-state index contributed by atoms with van der Waals surface area (Å²) in [4.78, 5) is 17.7. The molecule has 0 atom stereocenters. The lowest BCUT2D eigenvalue weighted by Gasteiger charge is -2.20. The molecule has 0 saturated heterocycles. The topological polar surface area (TPSA) is 59.2 Å². The van der Waals surface area contributed by atoms with Crippen molar-refractivity contribution in [3.63, 3.8) is 0 Å². The quantitative estimate of drug-likeness (QED) is 0.879. The summed E-state index contributed by atoms with van der Waals surface area (Å²) in [6.45, 7) is 5.34. The van der Waals surface area contributed by atoms with E-state index < -0.39 is 0 Å². The smallest absolute Gasteiger partial charge is 0.255 e. The van der Waals surface area contributed by atoms with Gasteiger partial charge in [-0.1, -0.05) is 18.5 Å². The van der Waals surface area contributed by atoms with E-state index in [0.717, 1.165) is 6.42 Å². The predicted octanol–water partition coefficient (Wildman–Crippen LogP) is 2.19. The molecule has 88 valence electrons. The fourth-order valence-electron chi connectivity index (χ4n) is 1.46. The highest BCUT2D eigenvalue weighted by molar-refractivity contribution is 6.33. The highest BCUT2D eigenvalue weighted by Crippen LogP contribution is 2.18. The van der Waals surface area contributed by atoms with Crippen LogP contribution in [-0.4, -0.2) is 28.9 Å². The van der Waals surface area contributed by atoms with Gasteiger partial charge >= 0.3 is 0 Å². The van der Waals surface area contributed by atoms with Crippen molar-refractivity contribution in [3.8, 4) is 0 Å². The second kappa shape index (κ2) is 5.70. The molecule has 1 rings (SSSR count). The number of nitrogen functional groups attached to an aromatic ring is 1. The van der Waals surface area contributed by atoms with Crippen molar-refractivity contribution >= 4 is 23.3 Å². The highest BCUT2D eigenvalue weighted by atomic mass is 35.5. The number of anilines is 1.